The van der Waals surface area contributed by atoms with Gasteiger partial charge >= 0.3 is 0 Å². The summed E-state index contributed by atoms with van der Waals surface area (Å²) < 4.78 is 41.4. The summed E-state index contributed by atoms with van der Waals surface area (Å²) in [7, 11) is -0.544. The highest BCUT2D eigenvalue weighted by Gasteiger charge is 2.27. The zero-order valence-corrected chi connectivity index (χ0v) is 30.0. The fraction of sp³-hybridized carbons (Fsp3) is 0.351. The highest BCUT2D eigenvalue weighted by molar-refractivity contribution is 7.92. The molecule has 0 saturated heterocycles. The Labute approximate surface area is 289 Å². The van der Waals surface area contributed by atoms with Gasteiger partial charge in [0.05, 0.1) is 28.5 Å². The number of ether oxygens (including phenoxy) is 2. The summed E-state index contributed by atoms with van der Waals surface area (Å²) in [6, 6.07) is 19.3. The minimum absolute atomic E-state index is 0.0330. The summed E-state index contributed by atoms with van der Waals surface area (Å²) in [6.07, 6.45) is 2.82. The molecule has 4 aromatic rings. The molecule has 12 heteroatoms. The summed E-state index contributed by atoms with van der Waals surface area (Å²) in [5.74, 6) is 0.377. The number of fused-ring (bicyclic) bond motifs is 4. The van der Waals surface area contributed by atoms with E-state index in [9.17, 15) is 13.2 Å². The lowest BCUT2D eigenvalue weighted by Crippen LogP contribution is -2.34. The fourth-order valence-corrected chi connectivity index (χ4v) is 6.65. The van der Waals surface area contributed by atoms with Crippen LogP contribution < -0.4 is 14.4 Å². The molecule has 49 heavy (non-hydrogen) atoms. The van der Waals surface area contributed by atoms with Crippen molar-refractivity contribution in [2.24, 2.45) is 5.41 Å². The number of hydrogen-bond acceptors (Lipinski definition) is 9. The number of pyridine rings is 1. The number of nitrogens with one attached hydrogen (secondary N) is 1. The molecule has 2 aromatic heterocycles. The Morgan fingerprint density at radius 2 is 1.71 bits per heavy atom. The summed E-state index contributed by atoms with van der Waals surface area (Å²) >= 11 is 0. The maximum Gasteiger partial charge on any atom is 0.264 e. The van der Waals surface area contributed by atoms with E-state index in [4.69, 9.17) is 14.5 Å². The van der Waals surface area contributed by atoms with E-state index in [1.54, 1.807) is 30.2 Å². The number of carbonyl (C=O) groups is 1. The normalized spacial score (nSPS) is 15.4. The first kappa shape index (κ1) is 35.5. The van der Waals surface area contributed by atoms with Gasteiger partial charge in [0.2, 0.25) is 11.8 Å². The van der Waals surface area contributed by atoms with Crippen LogP contribution in [-0.2, 0) is 21.3 Å². The second kappa shape index (κ2) is 14.8. The quantitative estimate of drug-likeness (QED) is 0.210. The number of benzene rings is 2. The maximum atomic E-state index is 14.5. The van der Waals surface area contributed by atoms with E-state index in [1.807, 2.05) is 89.0 Å². The number of aromatic nitrogens is 3. The van der Waals surface area contributed by atoms with E-state index in [2.05, 4.69) is 14.7 Å². The zero-order chi connectivity index (χ0) is 35.3. The number of rotatable bonds is 8. The molecule has 1 N–H and O–H groups in total. The van der Waals surface area contributed by atoms with Crippen LogP contribution in [0, 0.1) is 19.3 Å². The van der Waals surface area contributed by atoms with E-state index >= 15 is 0 Å². The molecule has 0 fully saturated rings. The molecule has 3 heterocycles. The summed E-state index contributed by atoms with van der Waals surface area (Å²) in [5.41, 5.74) is 4.36. The average molecular weight is 685 g/mol. The Balaban J connectivity index is 1.64. The van der Waals surface area contributed by atoms with Crippen LogP contribution in [0.4, 0.5) is 11.8 Å². The van der Waals surface area contributed by atoms with Gasteiger partial charge in [-0.05, 0) is 67.1 Å². The van der Waals surface area contributed by atoms with Crippen molar-refractivity contribution in [3.8, 4) is 17.1 Å². The molecular weight excluding hydrogens is 641 g/mol. The molecule has 0 atom stereocenters. The number of methoxy groups -OCH3 is 1. The molecule has 5 rings (SSSR count). The molecular formula is C37H44N6O5S. The topological polar surface area (TPSA) is 127 Å². The van der Waals surface area contributed by atoms with E-state index in [0.717, 1.165) is 35.5 Å². The number of allylic oxidation sites excluding steroid dienone is 1. The van der Waals surface area contributed by atoms with Crippen LogP contribution in [0.1, 0.15) is 54.4 Å². The average Bonchev–Trinajstić information content (AvgIpc) is 3.04. The van der Waals surface area contributed by atoms with Crippen LogP contribution in [-0.4, -0.2) is 68.1 Å². The van der Waals surface area contributed by atoms with Crippen molar-refractivity contribution in [1.82, 2.24) is 19.9 Å². The standard InChI is InChI=1S/C37H44N6O5S/c1-25-12-8-13-26(2)34(25)31-21-33-40-36(39-31)41-49(45,46)30-16-9-14-27(20-30)35(44)43(29(24-48-33)22-37(3,4)5)23-28-15-10-17-32(38-28)42(6)18-11-19-47-7/h8-10,12-17,20-22H,11,18-19,23-24H2,1-7H3,(H,39,40,41)/b29-22+. The molecule has 0 radical (unpaired) electrons. The number of sulfonamides is 1. The Hall–Kier alpha value is -4.81. The van der Waals surface area contributed by atoms with Crippen molar-refractivity contribution in [2.75, 3.05) is 43.5 Å². The predicted molar refractivity (Wildman–Crippen MR) is 191 cm³/mol. The maximum absolute atomic E-state index is 14.5. The molecule has 1 amide bonds. The number of hydrogen-bond donors (Lipinski definition) is 1. The molecule has 4 bridgehead atoms. The summed E-state index contributed by atoms with van der Waals surface area (Å²) in [6.45, 7) is 11.5. The van der Waals surface area contributed by atoms with Crippen LogP contribution in [0.25, 0.3) is 11.3 Å². The van der Waals surface area contributed by atoms with Gasteiger partial charge in [0.1, 0.15) is 12.4 Å². The smallest absolute Gasteiger partial charge is 0.264 e. The van der Waals surface area contributed by atoms with Gasteiger partial charge in [-0.3, -0.25) is 4.79 Å². The monoisotopic (exact) mass is 684 g/mol. The van der Waals surface area contributed by atoms with Gasteiger partial charge in [-0.25, -0.2) is 23.1 Å². The van der Waals surface area contributed by atoms with Gasteiger partial charge in [-0.15, -0.1) is 0 Å². The minimum atomic E-state index is -4.19. The largest absolute Gasteiger partial charge is 0.471 e. The summed E-state index contributed by atoms with van der Waals surface area (Å²) in [5, 5.41) is 0. The fourth-order valence-electron chi connectivity index (χ4n) is 5.66. The van der Waals surface area contributed by atoms with Crippen molar-refractivity contribution in [3.05, 3.63) is 101 Å². The third-order valence-corrected chi connectivity index (χ3v) is 9.29. The first-order chi connectivity index (χ1) is 23.2. The van der Waals surface area contributed by atoms with Gasteiger partial charge in [-0.2, -0.15) is 4.98 Å². The van der Waals surface area contributed by atoms with Crippen LogP contribution in [0.5, 0.6) is 5.88 Å². The van der Waals surface area contributed by atoms with Gasteiger partial charge < -0.3 is 19.3 Å². The van der Waals surface area contributed by atoms with Crippen LogP contribution in [0.3, 0.4) is 0 Å². The van der Waals surface area contributed by atoms with Crippen molar-refractivity contribution in [1.29, 1.82) is 0 Å². The Morgan fingerprint density at radius 3 is 2.43 bits per heavy atom. The van der Waals surface area contributed by atoms with Gasteiger partial charge in [0.15, 0.2) is 0 Å². The second-order valence-corrected chi connectivity index (χ2v) is 14.9. The van der Waals surface area contributed by atoms with Crippen LogP contribution in [0.2, 0.25) is 0 Å². The van der Waals surface area contributed by atoms with Crippen molar-refractivity contribution in [3.63, 3.8) is 0 Å². The SMILES string of the molecule is COCCCN(C)c1cccc(CN2C(=O)c3cccc(c3)S(=O)(=O)Nc3nc(cc(-c4c(C)cccc4C)n3)OC/C2=C\C(C)(C)C)n1. The predicted octanol–water partition coefficient (Wildman–Crippen LogP) is 6.39. The molecule has 0 aliphatic carbocycles. The van der Waals surface area contributed by atoms with E-state index < -0.39 is 15.9 Å². The van der Waals surface area contributed by atoms with E-state index in [0.29, 0.717) is 23.7 Å². The highest BCUT2D eigenvalue weighted by atomic mass is 32.2. The number of amides is 1. The lowest BCUT2D eigenvalue weighted by molar-refractivity contribution is 0.0774. The van der Waals surface area contributed by atoms with Crippen molar-refractivity contribution < 1.29 is 22.7 Å². The zero-order valence-electron chi connectivity index (χ0n) is 29.1. The van der Waals surface area contributed by atoms with Crippen LogP contribution >= 0.6 is 0 Å². The third kappa shape index (κ3) is 8.81. The Bertz CT molecular complexity index is 1950. The Kier molecular flexibility index (Phi) is 10.7. The number of aryl methyl sites for hydroxylation is 2. The molecule has 2 aromatic carbocycles. The number of carbonyl (C=O) groups excluding carboxylic acids is 1. The van der Waals surface area contributed by atoms with Gasteiger partial charge in [0, 0.05) is 44.5 Å². The molecule has 1 aliphatic heterocycles. The lowest BCUT2D eigenvalue weighted by atomic mass is 9.95. The van der Waals surface area contributed by atoms with Crippen LogP contribution in [0.15, 0.2) is 83.4 Å². The molecule has 11 nitrogen and oxygen atoms in total. The molecule has 1 aliphatic rings. The first-order valence-corrected chi connectivity index (χ1v) is 17.6. The second-order valence-electron chi connectivity index (χ2n) is 13.3. The molecule has 0 unspecified atom stereocenters. The number of anilines is 2. The van der Waals surface area contributed by atoms with Gasteiger partial charge in [0.25, 0.3) is 15.9 Å². The minimum Gasteiger partial charge on any atom is -0.471 e. The molecule has 0 saturated carbocycles. The van der Waals surface area contributed by atoms with Crippen molar-refractivity contribution in [2.45, 2.75) is 52.5 Å². The highest BCUT2D eigenvalue weighted by Crippen LogP contribution is 2.31. The third-order valence-electron chi connectivity index (χ3n) is 7.96. The first-order valence-electron chi connectivity index (χ1n) is 16.1. The molecule has 258 valence electrons. The lowest BCUT2D eigenvalue weighted by Gasteiger charge is -2.28. The van der Waals surface area contributed by atoms with Crippen molar-refractivity contribution >= 4 is 27.7 Å². The Morgan fingerprint density at radius 1 is 1.00 bits per heavy atom. The summed E-state index contributed by atoms with van der Waals surface area (Å²) in [4.78, 5) is 31.9. The number of nitrogens with zero attached hydrogens (tertiary/aromatic N) is 5. The van der Waals surface area contributed by atoms with E-state index in [-0.39, 0.29) is 40.9 Å². The van der Waals surface area contributed by atoms with E-state index in [1.165, 1.54) is 12.1 Å². The molecule has 0 spiro atoms. The van der Waals surface area contributed by atoms with Gasteiger partial charge in [-0.1, -0.05) is 57.2 Å².